The molecular formula is C34H42IKN2O3S2. The molecule has 226 valence electrons. The molecular weight excluding hydrogens is 715 g/mol. The van der Waals surface area contributed by atoms with Gasteiger partial charge in [-0.3, -0.25) is 0 Å². The Morgan fingerprint density at radius 1 is 0.860 bits per heavy atom. The molecule has 2 heterocycles. The molecule has 0 saturated heterocycles. The van der Waals surface area contributed by atoms with Crippen LogP contribution in [0.4, 0.5) is 11.4 Å². The van der Waals surface area contributed by atoms with Gasteiger partial charge < -0.3 is 33.4 Å². The molecule has 9 heteroatoms. The Labute approximate surface area is 322 Å². The van der Waals surface area contributed by atoms with Gasteiger partial charge in [0.15, 0.2) is 5.71 Å². The Morgan fingerprint density at radius 3 is 1.98 bits per heavy atom. The van der Waals surface area contributed by atoms with Gasteiger partial charge >= 0.3 is 51.4 Å². The third-order valence-corrected chi connectivity index (χ3v) is 9.63. The van der Waals surface area contributed by atoms with Crippen LogP contribution in [0.15, 0.2) is 65.6 Å². The number of hydrogen-bond acceptors (Lipinski definition) is 5. The Kier molecular flexibility index (Phi) is 15.5. The van der Waals surface area contributed by atoms with Crippen LogP contribution in [0.5, 0.6) is 0 Å². The number of nitrogens with zero attached hydrogens (tertiary/aromatic N) is 2. The van der Waals surface area contributed by atoms with Crippen LogP contribution in [-0.2, 0) is 15.5 Å². The maximum Gasteiger partial charge on any atom is 1.00 e. The van der Waals surface area contributed by atoms with Gasteiger partial charge in [0.1, 0.15) is 16.7 Å². The van der Waals surface area contributed by atoms with Crippen LogP contribution in [0.2, 0.25) is 0 Å². The standard InChI is InChI=1S/C34H42N2O3S2.HI.K/c1-6-9-23-35(24-10-7-2)27-14-11-26(12-15-27)13-16-28-17-18-29(40-28)19-22-33-34(4,5)31-25-30(41(37,38)39)20-21-32(31)36(33)8-3;;/h11-22,25H,6-10,23-24H2,1-5H3;1H;/q;;+1/p-1. The van der Waals surface area contributed by atoms with E-state index >= 15 is 0 Å². The van der Waals surface area contributed by atoms with Crippen LogP contribution in [0.3, 0.4) is 0 Å². The fourth-order valence-electron chi connectivity index (χ4n) is 5.40. The normalized spacial score (nSPS) is 14.2. The Hall–Kier alpha value is -0.634. The van der Waals surface area contributed by atoms with Gasteiger partial charge in [-0.1, -0.05) is 44.9 Å². The number of allylic oxidation sites excluding steroid dienone is 1. The van der Waals surface area contributed by atoms with Gasteiger partial charge in [-0.15, -0.1) is 11.3 Å². The summed E-state index contributed by atoms with van der Waals surface area (Å²) in [7, 11) is -4.51. The first-order chi connectivity index (χ1) is 19.6. The zero-order valence-corrected chi connectivity index (χ0v) is 33.2. The predicted molar refractivity (Wildman–Crippen MR) is 174 cm³/mol. The van der Waals surface area contributed by atoms with Crippen molar-refractivity contribution in [1.82, 2.24) is 0 Å². The van der Waals surface area contributed by atoms with Gasteiger partial charge in [0.2, 0.25) is 5.69 Å². The fraction of sp³-hybridized carbons (Fsp3) is 0.382. The molecule has 0 fully saturated rings. The summed E-state index contributed by atoms with van der Waals surface area (Å²) in [5.74, 6) is 0. The third kappa shape index (κ3) is 9.68. The van der Waals surface area contributed by atoms with Crippen molar-refractivity contribution in [2.45, 2.75) is 70.6 Å². The predicted octanol–water partition coefficient (Wildman–Crippen LogP) is 2.35. The van der Waals surface area contributed by atoms with Crippen molar-refractivity contribution in [2.75, 3.05) is 24.5 Å². The summed E-state index contributed by atoms with van der Waals surface area (Å²) in [4.78, 5) is 4.64. The second-order valence-corrected chi connectivity index (χ2v) is 13.6. The summed E-state index contributed by atoms with van der Waals surface area (Å²) in [5, 5.41) is 0. The van der Waals surface area contributed by atoms with Crippen molar-refractivity contribution in [3.8, 4) is 0 Å². The van der Waals surface area contributed by atoms with E-state index in [1.165, 1.54) is 53.9 Å². The number of thiophene rings is 1. The molecule has 2 aromatic carbocycles. The first kappa shape index (κ1) is 38.5. The molecule has 0 radical (unpaired) electrons. The molecule has 1 aromatic heterocycles. The number of rotatable bonds is 13. The van der Waals surface area contributed by atoms with E-state index in [1.54, 1.807) is 17.4 Å². The van der Waals surface area contributed by atoms with Crippen LogP contribution in [-0.4, -0.2) is 42.9 Å². The van der Waals surface area contributed by atoms with E-state index in [2.05, 4.69) is 105 Å². The monoisotopic (exact) mass is 756 g/mol. The van der Waals surface area contributed by atoms with E-state index in [0.717, 1.165) is 41.5 Å². The summed E-state index contributed by atoms with van der Waals surface area (Å²) < 4.78 is 37.1. The van der Waals surface area contributed by atoms with Gasteiger partial charge in [-0.05, 0) is 87.7 Å². The number of halogens is 1. The average molecular weight is 757 g/mol. The van der Waals surface area contributed by atoms with E-state index in [1.807, 2.05) is 0 Å². The molecule has 4 rings (SSSR count). The summed E-state index contributed by atoms with van der Waals surface area (Å²) >= 11 is 1.73. The fourth-order valence-corrected chi connectivity index (χ4v) is 6.72. The maximum absolute atomic E-state index is 11.6. The summed E-state index contributed by atoms with van der Waals surface area (Å²) in [6.45, 7) is 13.7. The van der Waals surface area contributed by atoms with Crippen LogP contribution in [0.1, 0.15) is 81.2 Å². The number of unbranched alkanes of at least 4 members (excludes halogenated alkanes) is 2. The minimum absolute atomic E-state index is 0. The molecule has 5 nitrogen and oxygen atoms in total. The molecule has 0 atom stereocenters. The van der Waals surface area contributed by atoms with Gasteiger partial charge in [0.25, 0.3) is 0 Å². The zero-order chi connectivity index (χ0) is 29.6. The van der Waals surface area contributed by atoms with Gasteiger partial charge in [0, 0.05) is 46.2 Å². The Morgan fingerprint density at radius 2 is 1.44 bits per heavy atom. The first-order valence-corrected chi connectivity index (χ1v) is 16.9. The maximum atomic E-state index is 11.6. The van der Waals surface area contributed by atoms with Crippen LogP contribution in [0, 0.1) is 0 Å². The van der Waals surface area contributed by atoms with Gasteiger partial charge in [0.05, 0.1) is 10.3 Å². The van der Waals surface area contributed by atoms with Crippen LogP contribution >= 0.6 is 11.3 Å². The van der Waals surface area contributed by atoms with Crippen molar-refractivity contribution in [2.24, 2.45) is 0 Å². The minimum Gasteiger partial charge on any atom is -1.00 e. The van der Waals surface area contributed by atoms with Crippen molar-refractivity contribution in [1.29, 1.82) is 0 Å². The van der Waals surface area contributed by atoms with E-state index in [4.69, 9.17) is 0 Å². The summed E-state index contributed by atoms with van der Waals surface area (Å²) in [6, 6.07) is 17.8. The van der Waals surface area contributed by atoms with Crippen LogP contribution in [0.25, 0.3) is 18.2 Å². The molecule has 0 unspecified atom stereocenters. The molecule has 1 aliphatic rings. The van der Waals surface area contributed by atoms with Crippen molar-refractivity contribution < 1.29 is 92.9 Å². The van der Waals surface area contributed by atoms with Crippen molar-refractivity contribution >= 4 is 56.8 Å². The largest absolute Gasteiger partial charge is 1.00 e. The second kappa shape index (κ2) is 17.3. The number of anilines is 1. The van der Waals surface area contributed by atoms with Crippen LogP contribution < -0.4 is 80.3 Å². The summed E-state index contributed by atoms with van der Waals surface area (Å²) in [6.07, 6.45) is 13.4. The molecule has 43 heavy (non-hydrogen) atoms. The van der Waals surface area contributed by atoms with Crippen molar-refractivity contribution in [3.63, 3.8) is 0 Å². The first-order valence-electron chi connectivity index (χ1n) is 14.6. The quantitative estimate of drug-likeness (QED) is 0.116. The van der Waals surface area contributed by atoms with Crippen molar-refractivity contribution in [3.05, 3.63) is 81.6 Å². The smallest absolute Gasteiger partial charge is 1.00 e. The van der Waals surface area contributed by atoms with Gasteiger partial charge in [-0.25, -0.2) is 8.42 Å². The molecule has 0 spiro atoms. The molecule has 1 aliphatic heterocycles. The van der Waals surface area contributed by atoms with E-state index in [9.17, 15) is 13.0 Å². The third-order valence-electron chi connectivity index (χ3n) is 7.78. The topological polar surface area (TPSA) is 63.5 Å². The van der Waals surface area contributed by atoms with E-state index < -0.39 is 15.5 Å². The number of fused-ring (bicyclic) bond motifs is 1. The van der Waals surface area contributed by atoms with E-state index in [0.29, 0.717) is 0 Å². The number of hydrogen-bond donors (Lipinski definition) is 0. The molecule has 3 aromatic rings. The van der Waals surface area contributed by atoms with Gasteiger partial charge in [-0.2, -0.15) is 4.58 Å². The SMILES string of the molecule is CCCCN(CCCC)c1ccc(/C=C/c2ccc(/C=C/C3=[N+](CC)c4ccc(S(=O)(=O)[O-])cc4C3(C)C)s2)cc1.[I-].[K+]. The zero-order valence-electron chi connectivity index (χ0n) is 26.3. The molecule has 0 aliphatic carbocycles. The number of benzene rings is 2. The minimum atomic E-state index is -4.51. The molecule has 0 N–H and O–H groups in total. The molecule has 0 bridgehead atoms. The van der Waals surface area contributed by atoms with E-state index in [-0.39, 0.29) is 80.3 Å². The Bertz CT molecular complexity index is 1550. The second-order valence-electron chi connectivity index (χ2n) is 11.1. The molecule has 0 saturated carbocycles. The average Bonchev–Trinajstić information content (AvgIpc) is 3.49. The summed E-state index contributed by atoms with van der Waals surface area (Å²) in [5.41, 5.74) is 4.93. The molecule has 0 amide bonds. The Balaban J connectivity index is 0.00000323.